The first-order chi connectivity index (χ1) is 10.3. The number of oxazole rings is 1. The minimum Gasteiger partial charge on any atom is -0.461 e. The van der Waals surface area contributed by atoms with Crippen LogP contribution in [0.25, 0.3) is 10.8 Å². The molecule has 6 nitrogen and oxygen atoms in total. The predicted octanol–water partition coefficient (Wildman–Crippen LogP) is 3.14. The van der Waals surface area contributed by atoms with E-state index in [0.29, 0.717) is 6.61 Å². The van der Waals surface area contributed by atoms with Crippen molar-refractivity contribution < 1.29 is 13.9 Å². The first-order valence-corrected chi connectivity index (χ1v) is 6.50. The van der Waals surface area contributed by atoms with E-state index < -0.39 is 5.97 Å². The first kappa shape index (κ1) is 13.1. The molecule has 0 bridgehead atoms. The van der Waals surface area contributed by atoms with Gasteiger partial charge in [0.15, 0.2) is 5.69 Å². The Morgan fingerprint density at radius 3 is 3.14 bits per heavy atom. The van der Waals surface area contributed by atoms with Crippen LogP contribution in [0.2, 0.25) is 0 Å². The monoisotopic (exact) mass is 283 g/mol. The van der Waals surface area contributed by atoms with E-state index in [1.807, 2.05) is 24.3 Å². The van der Waals surface area contributed by atoms with Crippen LogP contribution < -0.4 is 5.32 Å². The molecule has 3 aromatic rings. The number of hydrogen-bond donors (Lipinski definition) is 1. The van der Waals surface area contributed by atoms with Crippen LogP contribution in [0.3, 0.4) is 0 Å². The van der Waals surface area contributed by atoms with Crippen molar-refractivity contribution in [2.45, 2.75) is 6.92 Å². The minimum absolute atomic E-state index is 0.140. The van der Waals surface area contributed by atoms with Crippen molar-refractivity contribution in [1.29, 1.82) is 0 Å². The summed E-state index contributed by atoms with van der Waals surface area (Å²) >= 11 is 0. The van der Waals surface area contributed by atoms with E-state index in [2.05, 4.69) is 15.3 Å². The summed E-state index contributed by atoms with van der Waals surface area (Å²) in [4.78, 5) is 19.7. The molecule has 6 heteroatoms. The zero-order valence-corrected chi connectivity index (χ0v) is 11.4. The molecule has 0 aliphatic rings. The fourth-order valence-electron chi connectivity index (χ4n) is 1.98. The molecule has 0 aliphatic carbocycles. The van der Waals surface area contributed by atoms with Crippen molar-refractivity contribution in [2.24, 2.45) is 0 Å². The smallest absolute Gasteiger partial charge is 0.360 e. The Labute approximate surface area is 120 Å². The van der Waals surface area contributed by atoms with Gasteiger partial charge < -0.3 is 14.5 Å². The molecule has 0 unspecified atom stereocenters. The second kappa shape index (κ2) is 5.62. The molecule has 106 valence electrons. The lowest BCUT2D eigenvalue weighted by Gasteiger charge is -2.05. The summed E-state index contributed by atoms with van der Waals surface area (Å²) in [6.07, 6.45) is 4.76. The van der Waals surface area contributed by atoms with Crippen molar-refractivity contribution in [3.8, 4) is 0 Å². The number of anilines is 2. The standard InChI is InChI=1S/C15H13N3O3/c1-2-20-14(19)13-9-21-15(18-13)17-12-5-3-4-10-8-16-7-6-11(10)12/h3-9H,2H2,1H3,(H,17,18). The molecule has 0 atom stereocenters. The Morgan fingerprint density at radius 2 is 2.29 bits per heavy atom. The van der Waals surface area contributed by atoms with Gasteiger partial charge in [0.05, 0.1) is 12.3 Å². The highest BCUT2D eigenvalue weighted by Crippen LogP contribution is 2.25. The van der Waals surface area contributed by atoms with Crippen molar-refractivity contribution in [3.63, 3.8) is 0 Å². The topological polar surface area (TPSA) is 77.2 Å². The molecule has 1 N–H and O–H groups in total. The molecule has 0 amide bonds. The summed E-state index contributed by atoms with van der Waals surface area (Å²) in [5.74, 6) is -0.503. The van der Waals surface area contributed by atoms with Crippen LogP contribution in [0.4, 0.5) is 11.7 Å². The van der Waals surface area contributed by atoms with Gasteiger partial charge in [-0.15, -0.1) is 0 Å². The third-order valence-electron chi connectivity index (χ3n) is 2.91. The number of aromatic nitrogens is 2. The third-order valence-corrected chi connectivity index (χ3v) is 2.91. The zero-order chi connectivity index (χ0) is 14.7. The van der Waals surface area contributed by atoms with Crippen molar-refractivity contribution in [2.75, 3.05) is 11.9 Å². The Kier molecular flexibility index (Phi) is 3.51. The fraction of sp³-hybridized carbons (Fsp3) is 0.133. The summed E-state index contributed by atoms with van der Waals surface area (Å²) < 4.78 is 10.1. The minimum atomic E-state index is -0.503. The van der Waals surface area contributed by atoms with Gasteiger partial charge in [0.1, 0.15) is 6.26 Å². The summed E-state index contributed by atoms with van der Waals surface area (Å²) in [6.45, 7) is 2.03. The van der Waals surface area contributed by atoms with Crippen LogP contribution in [-0.4, -0.2) is 22.5 Å². The molecule has 2 heterocycles. The first-order valence-electron chi connectivity index (χ1n) is 6.50. The summed E-state index contributed by atoms with van der Waals surface area (Å²) in [5.41, 5.74) is 0.966. The number of fused-ring (bicyclic) bond motifs is 1. The van der Waals surface area contributed by atoms with Gasteiger partial charge in [-0.05, 0) is 19.1 Å². The zero-order valence-electron chi connectivity index (χ0n) is 11.4. The van der Waals surface area contributed by atoms with Gasteiger partial charge in [0.25, 0.3) is 6.01 Å². The van der Waals surface area contributed by atoms with E-state index in [4.69, 9.17) is 9.15 Å². The lowest BCUT2D eigenvalue weighted by atomic mass is 10.1. The molecule has 3 rings (SSSR count). The Bertz CT molecular complexity index is 777. The van der Waals surface area contributed by atoms with E-state index in [1.165, 1.54) is 6.26 Å². The second-order valence-corrected chi connectivity index (χ2v) is 4.29. The molecular formula is C15H13N3O3. The van der Waals surface area contributed by atoms with Crippen molar-refractivity contribution in [1.82, 2.24) is 9.97 Å². The van der Waals surface area contributed by atoms with Crippen LogP contribution in [-0.2, 0) is 4.74 Å². The van der Waals surface area contributed by atoms with Gasteiger partial charge in [-0.2, -0.15) is 4.98 Å². The number of carbonyl (C=O) groups excluding carboxylic acids is 1. The molecule has 0 radical (unpaired) electrons. The van der Waals surface area contributed by atoms with Crippen LogP contribution >= 0.6 is 0 Å². The van der Waals surface area contributed by atoms with Gasteiger partial charge in [-0.3, -0.25) is 4.98 Å². The van der Waals surface area contributed by atoms with Crippen LogP contribution in [0.15, 0.2) is 47.3 Å². The Morgan fingerprint density at radius 1 is 1.38 bits per heavy atom. The number of ether oxygens (including phenoxy) is 1. The maximum absolute atomic E-state index is 11.5. The van der Waals surface area contributed by atoms with Gasteiger partial charge in [0.2, 0.25) is 0 Å². The molecule has 1 aromatic carbocycles. The average Bonchev–Trinajstić information content (AvgIpc) is 2.97. The summed E-state index contributed by atoms with van der Waals surface area (Å²) in [7, 11) is 0. The maximum Gasteiger partial charge on any atom is 0.360 e. The summed E-state index contributed by atoms with van der Waals surface area (Å²) in [6, 6.07) is 7.90. The van der Waals surface area contributed by atoms with E-state index in [-0.39, 0.29) is 11.7 Å². The third kappa shape index (κ3) is 2.69. The Balaban J connectivity index is 1.87. The number of carbonyl (C=O) groups is 1. The van der Waals surface area contributed by atoms with Crippen molar-refractivity contribution in [3.05, 3.63) is 48.6 Å². The number of pyridine rings is 1. The predicted molar refractivity (Wildman–Crippen MR) is 77.5 cm³/mol. The fourth-order valence-corrected chi connectivity index (χ4v) is 1.98. The largest absolute Gasteiger partial charge is 0.461 e. The summed E-state index contributed by atoms with van der Waals surface area (Å²) in [5, 5.41) is 5.04. The lowest BCUT2D eigenvalue weighted by Crippen LogP contribution is -2.05. The number of hydrogen-bond acceptors (Lipinski definition) is 6. The molecule has 0 saturated carbocycles. The maximum atomic E-state index is 11.5. The number of nitrogens with zero attached hydrogens (tertiary/aromatic N) is 2. The normalized spacial score (nSPS) is 10.5. The molecule has 0 saturated heterocycles. The average molecular weight is 283 g/mol. The lowest BCUT2D eigenvalue weighted by molar-refractivity contribution is 0.0519. The van der Waals surface area contributed by atoms with Gasteiger partial charge in [0, 0.05) is 23.2 Å². The molecule has 2 aromatic heterocycles. The number of rotatable bonds is 4. The molecule has 0 fully saturated rings. The van der Waals surface area contributed by atoms with Crippen LogP contribution in [0, 0.1) is 0 Å². The molecule has 0 spiro atoms. The molecular weight excluding hydrogens is 270 g/mol. The second-order valence-electron chi connectivity index (χ2n) is 4.29. The highest BCUT2D eigenvalue weighted by atomic mass is 16.5. The van der Waals surface area contributed by atoms with E-state index in [0.717, 1.165) is 16.5 Å². The molecule has 0 aliphatic heterocycles. The van der Waals surface area contributed by atoms with E-state index >= 15 is 0 Å². The van der Waals surface area contributed by atoms with Gasteiger partial charge in [-0.25, -0.2) is 4.79 Å². The van der Waals surface area contributed by atoms with Crippen LogP contribution in [0.5, 0.6) is 0 Å². The number of benzene rings is 1. The van der Waals surface area contributed by atoms with Gasteiger partial charge in [-0.1, -0.05) is 12.1 Å². The van der Waals surface area contributed by atoms with E-state index in [1.54, 1.807) is 19.3 Å². The molecule has 21 heavy (non-hydrogen) atoms. The Hall–Kier alpha value is -2.89. The number of esters is 1. The van der Waals surface area contributed by atoms with Gasteiger partial charge >= 0.3 is 5.97 Å². The van der Waals surface area contributed by atoms with E-state index in [9.17, 15) is 4.79 Å². The highest BCUT2D eigenvalue weighted by molar-refractivity contribution is 5.94. The number of nitrogens with one attached hydrogen (secondary N) is 1. The SMILES string of the molecule is CCOC(=O)c1coc(Nc2cccc3cnccc23)n1. The van der Waals surface area contributed by atoms with Crippen molar-refractivity contribution >= 4 is 28.4 Å². The highest BCUT2D eigenvalue weighted by Gasteiger charge is 2.13. The quantitative estimate of drug-likeness (QED) is 0.741. The van der Waals surface area contributed by atoms with Crippen LogP contribution in [0.1, 0.15) is 17.4 Å².